The predicted molar refractivity (Wildman–Crippen MR) is 57.9 cm³/mol. The van der Waals surface area contributed by atoms with Crippen molar-refractivity contribution in [3.8, 4) is 0 Å². The Balaban J connectivity index is 2.08. The summed E-state index contributed by atoms with van der Waals surface area (Å²) < 4.78 is 0. The molecule has 1 amide bonds. The first-order chi connectivity index (χ1) is 7.68. The third-order valence-electron chi connectivity index (χ3n) is 2.89. The average molecular weight is 221 g/mol. The fourth-order valence-corrected chi connectivity index (χ4v) is 2.18. The molecule has 0 saturated carbocycles. The minimum absolute atomic E-state index is 0.0544. The number of aromatic amines is 1. The normalized spacial score (nSPS) is 20.1. The highest BCUT2D eigenvalue weighted by Crippen LogP contribution is 2.22. The van der Waals surface area contributed by atoms with Gasteiger partial charge in [0.15, 0.2) is 0 Å². The number of Topliss-reactive ketones (excluding diaryl/α,β-unsaturated/α-hetero) is 1. The van der Waals surface area contributed by atoms with Gasteiger partial charge in [0, 0.05) is 25.2 Å². The first-order valence-electron chi connectivity index (χ1n) is 5.48. The minimum Gasteiger partial charge on any atom is -0.334 e. The Morgan fingerprint density at radius 2 is 2.44 bits per heavy atom. The molecule has 5 nitrogen and oxygen atoms in total. The van der Waals surface area contributed by atoms with E-state index in [1.807, 2.05) is 0 Å². The zero-order chi connectivity index (χ0) is 11.5. The van der Waals surface area contributed by atoms with Gasteiger partial charge in [-0.3, -0.25) is 14.7 Å². The molecule has 0 spiro atoms. The number of likely N-dealkylation sites (tertiary alicyclic amines) is 1. The molecule has 1 saturated heterocycles. The van der Waals surface area contributed by atoms with Crippen LogP contribution in [0.5, 0.6) is 0 Å². The van der Waals surface area contributed by atoms with Crippen molar-refractivity contribution in [1.82, 2.24) is 15.1 Å². The molecule has 1 fully saturated rings. The monoisotopic (exact) mass is 221 g/mol. The van der Waals surface area contributed by atoms with Gasteiger partial charge in [-0.05, 0) is 25.8 Å². The summed E-state index contributed by atoms with van der Waals surface area (Å²) in [4.78, 5) is 24.9. The van der Waals surface area contributed by atoms with Crippen molar-refractivity contribution in [2.45, 2.75) is 32.2 Å². The molecule has 1 aliphatic rings. The maximum atomic E-state index is 12.0. The summed E-state index contributed by atoms with van der Waals surface area (Å²) in [5.41, 5.74) is 0.496. The first kappa shape index (κ1) is 10.9. The minimum atomic E-state index is -0.0544. The van der Waals surface area contributed by atoms with E-state index in [9.17, 15) is 9.59 Å². The Morgan fingerprint density at radius 1 is 1.62 bits per heavy atom. The predicted octanol–water partition coefficient (Wildman–Crippen LogP) is 0.993. The van der Waals surface area contributed by atoms with E-state index in [1.165, 1.54) is 0 Å². The van der Waals surface area contributed by atoms with Crippen molar-refractivity contribution in [3.63, 3.8) is 0 Å². The van der Waals surface area contributed by atoms with Crippen LogP contribution in [0.15, 0.2) is 12.3 Å². The summed E-state index contributed by atoms with van der Waals surface area (Å²) in [6.45, 7) is 2.30. The van der Waals surface area contributed by atoms with E-state index in [2.05, 4.69) is 10.2 Å². The summed E-state index contributed by atoms with van der Waals surface area (Å²) in [5, 5.41) is 6.42. The SMILES string of the molecule is CC(=O)CC1CCCN1C(=O)c1ccn[nH]1. The van der Waals surface area contributed by atoms with Crippen LogP contribution in [0.3, 0.4) is 0 Å². The summed E-state index contributed by atoms with van der Waals surface area (Å²) >= 11 is 0. The number of ketones is 1. The number of aromatic nitrogens is 2. The van der Waals surface area contributed by atoms with Crippen LogP contribution < -0.4 is 0 Å². The van der Waals surface area contributed by atoms with Gasteiger partial charge >= 0.3 is 0 Å². The number of nitrogens with zero attached hydrogens (tertiary/aromatic N) is 2. The van der Waals surface area contributed by atoms with E-state index in [0.717, 1.165) is 19.4 Å². The van der Waals surface area contributed by atoms with Crippen LogP contribution in [0.2, 0.25) is 0 Å². The van der Waals surface area contributed by atoms with Gasteiger partial charge in [-0.25, -0.2) is 0 Å². The lowest BCUT2D eigenvalue weighted by atomic mass is 10.1. The van der Waals surface area contributed by atoms with Crippen molar-refractivity contribution in [1.29, 1.82) is 0 Å². The summed E-state index contributed by atoms with van der Waals surface area (Å²) in [6.07, 6.45) is 3.90. The lowest BCUT2D eigenvalue weighted by Gasteiger charge is -2.23. The molecule has 16 heavy (non-hydrogen) atoms. The van der Waals surface area contributed by atoms with Crippen LogP contribution in [0.4, 0.5) is 0 Å². The molecule has 5 heteroatoms. The van der Waals surface area contributed by atoms with Crippen LogP contribution >= 0.6 is 0 Å². The summed E-state index contributed by atoms with van der Waals surface area (Å²) in [7, 11) is 0. The fraction of sp³-hybridized carbons (Fsp3) is 0.545. The van der Waals surface area contributed by atoms with Crippen molar-refractivity contribution >= 4 is 11.7 Å². The van der Waals surface area contributed by atoms with Gasteiger partial charge in [-0.1, -0.05) is 0 Å². The van der Waals surface area contributed by atoms with E-state index in [0.29, 0.717) is 12.1 Å². The lowest BCUT2D eigenvalue weighted by Crippen LogP contribution is -2.36. The number of rotatable bonds is 3. The van der Waals surface area contributed by atoms with E-state index in [4.69, 9.17) is 0 Å². The van der Waals surface area contributed by atoms with Gasteiger partial charge in [-0.2, -0.15) is 5.10 Å². The molecule has 1 atom stereocenters. The van der Waals surface area contributed by atoms with Gasteiger partial charge in [-0.15, -0.1) is 0 Å². The number of hydrogen-bond donors (Lipinski definition) is 1. The molecule has 86 valence electrons. The molecule has 0 aromatic carbocycles. The molecule has 1 aliphatic heterocycles. The highest BCUT2D eigenvalue weighted by molar-refractivity contribution is 5.93. The topological polar surface area (TPSA) is 66.1 Å². The maximum absolute atomic E-state index is 12.0. The zero-order valence-corrected chi connectivity index (χ0v) is 9.27. The Morgan fingerprint density at radius 3 is 3.06 bits per heavy atom. The fourth-order valence-electron chi connectivity index (χ4n) is 2.18. The molecular formula is C11H15N3O2. The summed E-state index contributed by atoms with van der Waals surface area (Å²) in [6, 6.07) is 1.72. The number of carbonyl (C=O) groups is 2. The molecule has 2 heterocycles. The molecule has 1 aromatic rings. The number of nitrogens with one attached hydrogen (secondary N) is 1. The number of hydrogen-bond acceptors (Lipinski definition) is 3. The molecule has 0 aliphatic carbocycles. The largest absolute Gasteiger partial charge is 0.334 e. The highest BCUT2D eigenvalue weighted by atomic mass is 16.2. The van der Waals surface area contributed by atoms with Crippen molar-refractivity contribution < 1.29 is 9.59 Å². The Kier molecular flexibility index (Phi) is 3.03. The molecule has 1 unspecified atom stereocenters. The van der Waals surface area contributed by atoms with E-state index in [1.54, 1.807) is 24.1 Å². The number of H-pyrrole nitrogens is 1. The van der Waals surface area contributed by atoms with Crippen molar-refractivity contribution in [2.75, 3.05) is 6.54 Å². The quantitative estimate of drug-likeness (QED) is 0.827. The average Bonchev–Trinajstić information content (AvgIpc) is 2.84. The number of carbonyl (C=O) groups excluding carboxylic acids is 2. The third kappa shape index (κ3) is 2.13. The second-order valence-electron chi connectivity index (χ2n) is 4.17. The van der Waals surface area contributed by atoms with Crippen LogP contribution in [0, 0.1) is 0 Å². The van der Waals surface area contributed by atoms with Crippen LogP contribution in [0.25, 0.3) is 0 Å². The van der Waals surface area contributed by atoms with E-state index in [-0.39, 0.29) is 17.7 Å². The Bertz CT molecular complexity index is 386. The second kappa shape index (κ2) is 4.47. The van der Waals surface area contributed by atoms with Crippen LogP contribution in [-0.2, 0) is 4.79 Å². The summed E-state index contributed by atoms with van der Waals surface area (Å²) in [5.74, 6) is 0.0792. The molecule has 2 rings (SSSR count). The standard InChI is InChI=1S/C11H15N3O2/c1-8(15)7-9-3-2-6-14(9)11(16)10-4-5-12-13-10/h4-5,9H,2-3,6-7H2,1H3,(H,12,13). The molecule has 0 radical (unpaired) electrons. The first-order valence-corrected chi connectivity index (χ1v) is 5.48. The van der Waals surface area contributed by atoms with Crippen molar-refractivity contribution in [3.05, 3.63) is 18.0 Å². The lowest BCUT2D eigenvalue weighted by molar-refractivity contribution is -0.117. The van der Waals surface area contributed by atoms with E-state index < -0.39 is 0 Å². The van der Waals surface area contributed by atoms with Crippen LogP contribution in [0.1, 0.15) is 36.7 Å². The maximum Gasteiger partial charge on any atom is 0.272 e. The highest BCUT2D eigenvalue weighted by Gasteiger charge is 2.30. The smallest absolute Gasteiger partial charge is 0.272 e. The van der Waals surface area contributed by atoms with Gasteiger partial charge in [0.2, 0.25) is 0 Å². The molecular weight excluding hydrogens is 206 g/mol. The van der Waals surface area contributed by atoms with Gasteiger partial charge < -0.3 is 4.90 Å². The Labute approximate surface area is 93.8 Å². The number of amides is 1. The van der Waals surface area contributed by atoms with Gasteiger partial charge in [0.05, 0.1) is 0 Å². The van der Waals surface area contributed by atoms with Crippen LogP contribution in [-0.4, -0.2) is 39.4 Å². The van der Waals surface area contributed by atoms with Gasteiger partial charge in [0.1, 0.15) is 11.5 Å². The Hall–Kier alpha value is -1.65. The van der Waals surface area contributed by atoms with Crippen molar-refractivity contribution in [2.24, 2.45) is 0 Å². The third-order valence-corrected chi connectivity index (χ3v) is 2.89. The molecule has 1 aromatic heterocycles. The molecule has 0 bridgehead atoms. The molecule has 1 N–H and O–H groups in total. The van der Waals surface area contributed by atoms with E-state index >= 15 is 0 Å². The zero-order valence-electron chi connectivity index (χ0n) is 9.27. The van der Waals surface area contributed by atoms with Gasteiger partial charge in [0.25, 0.3) is 5.91 Å². The second-order valence-corrected chi connectivity index (χ2v) is 4.17.